The lowest BCUT2D eigenvalue weighted by Gasteiger charge is -2.21. The van der Waals surface area contributed by atoms with E-state index < -0.39 is 0 Å². The monoisotopic (exact) mass is 411 g/mol. The van der Waals surface area contributed by atoms with E-state index in [1.54, 1.807) is 0 Å². The molecule has 2 aliphatic rings. The van der Waals surface area contributed by atoms with E-state index in [4.69, 9.17) is 9.97 Å². The quantitative estimate of drug-likeness (QED) is 0.606. The first-order valence-electron chi connectivity index (χ1n) is 11.5. The number of carbonyl (C=O) groups excluding carboxylic acids is 1. The van der Waals surface area contributed by atoms with Gasteiger partial charge in [0.2, 0.25) is 5.91 Å². The molecule has 0 bridgehead atoms. The molecule has 31 heavy (non-hydrogen) atoms. The first-order valence-corrected chi connectivity index (χ1v) is 11.5. The fraction of sp³-hybridized carbons (Fsp3) is 0.370. The SMILES string of the molecule is Cc1ccc(CC(=O)Nc2nc3c(nc2CC2CCCC2)-c2ccccc2CC3)cc1. The Morgan fingerprint density at radius 1 is 1.00 bits per heavy atom. The Balaban J connectivity index is 1.45. The van der Waals surface area contributed by atoms with Gasteiger partial charge in [-0.3, -0.25) is 4.79 Å². The summed E-state index contributed by atoms with van der Waals surface area (Å²) in [5, 5.41) is 3.11. The number of anilines is 1. The minimum absolute atomic E-state index is 0.0259. The summed E-state index contributed by atoms with van der Waals surface area (Å²) >= 11 is 0. The minimum atomic E-state index is -0.0259. The zero-order valence-electron chi connectivity index (χ0n) is 18.2. The number of aryl methyl sites for hydroxylation is 3. The van der Waals surface area contributed by atoms with Crippen LogP contribution in [0.4, 0.5) is 5.82 Å². The maximum Gasteiger partial charge on any atom is 0.229 e. The van der Waals surface area contributed by atoms with Crippen molar-refractivity contribution < 1.29 is 4.79 Å². The molecule has 2 aliphatic carbocycles. The third-order valence-corrected chi connectivity index (χ3v) is 6.64. The number of benzene rings is 2. The molecule has 0 radical (unpaired) electrons. The summed E-state index contributed by atoms with van der Waals surface area (Å²) in [7, 11) is 0. The van der Waals surface area contributed by atoms with Crippen LogP contribution in [0.15, 0.2) is 48.5 Å². The van der Waals surface area contributed by atoms with E-state index >= 15 is 0 Å². The fourth-order valence-corrected chi connectivity index (χ4v) is 4.92. The van der Waals surface area contributed by atoms with Gasteiger partial charge in [0, 0.05) is 5.56 Å². The van der Waals surface area contributed by atoms with E-state index in [1.807, 2.05) is 24.3 Å². The second-order valence-corrected chi connectivity index (χ2v) is 9.04. The number of hydrogen-bond acceptors (Lipinski definition) is 3. The summed E-state index contributed by atoms with van der Waals surface area (Å²) in [6, 6.07) is 16.6. The Bertz CT molecular complexity index is 1100. The van der Waals surface area contributed by atoms with Crippen molar-refractivity contribution in [1.82, 2.24) is 9.97 Å². The number of amides is 1. The lowest BCUT2D eigenvalue weighted by atomic mass is 9.91. The van der Waals surface area contributed by atoms with E-state index in [1.165, 1.54) is 42.4 Å². The van der Waals surface area contributed by atoms with Gasteiger partial charge in [-0.25, -0.2) is 9.97 Å². The fourth-order valence-electron chi connectivity index (χ4n) is 4.92. The minimum Gasteiger partial charge on any atom is -0.309 e. The highest BCUT2D eigenvalue weighted by Gasteiger charge is 2.24. The number of nitrogens with one attached hydrogen (secondary N) is 1. The molecule has 0 unspecified atom stereocenters. The van der Waals surface area contributed by atoms with Gasteiger partial charge in [-0.2, -0.15) is 0 Å². The van der Waals surface area contributed by atoms with Gasteiger partial charge in [-0.1, -0.05) is 79.8 Å². The Hall–Kier alpha value is -3.01. The number of nitrogens with zero attached hydrogens (tertiary/aromatic N) is 2. The van der Waals surface area contributed by atoms with Crippen LogP contribution >= 0.6 is 0 Å². The zero-order valence-corrected chi connectivity index (χ0v) is 18.2. The molecule has 1 fully saturated rings. The highest BCUT2D eigenvalue weighted by atomic mass is 16.1. The predicted molar refractivity (Wildman–Crippen MR) is 124 cm³/mol. The van der Waals surface area contributed by atoms with Crippen LogP contribution in [0.1, 0.15) is 53.8 Å². The molecule has 158 valence electrons. The lowest BCUT2D eigenvalue weighted by Crippen LogP contribution is -2.20. The van der Waals surface area contributed by atoms with E-state index in [0.29, 0.717) is 18.2 Å². The van der Waals surface area contributed by atoms with Crippen molar-refractivity contribution in [3.8, 4) is 11.3 Å². The summed E-state index contributed by atoms with van der Waals surface area (Å²) < 4.78 is 0. The number of aromatic nitrogens is 2. The summed E-state index contributed by atoms with van der Waals surface area (Å²) in [6.45, 7) is 2.06. The average molecular weight is 412 g/mol. The van der Waals surface area contributed by atoms with Crippen LogP contribution in [0.25, 0.3) is 11.3 Å². The number of fused-ring (bicyclic) bond motifs is 3. The molecule has 5 rings (SSSR count). The van der Waals surface area contributed by atoms with Crippen molar-refractivity contribution in [1.29, 1.82) is 0 Å². The largest absolute Gasteiger partial charge is 0.309 e. The Kier molecular flexibility index (Phi) is 5.54. The second-order valence-electron chi connectivity index (χ2n) is 9.04. The first kappa shape index (κ1) is 19.9. The van der Waals surface area contributed by atoms with E-state index in [2.05, 4.69) is 36.5 Å². The molecule has 0 atom stereocenters. The van der Waals surface area contributed by atoms with E-state index in [0.717, 1.165) is 41.9 Å². The van der Waals surface area contributed by atoms with Gasteiger partial charge in [0.15, 0.2) is 5.82 Å². The predicted octanol–water partition coefficient (Wildman–Crippen LogP) is 5.46. The lowest BCUT2D eigenvalue weighted by molar-refractivity contribution is -0.115. The number of carbonyl (C=O) groups is 1. The van der Waals surface area contributed by atoms with Gasteiger partial charge in [0.1, 0.15) is 0 Å². The van der Waals surface area contributed by atoms with Crippen LogP contribution in [0.2, 0.25) is 0 Å². The third kappa shape index (κ3) is 4.39. The van der Waals surface area contributed by atoms with Gasteiger partial charge in [0.25, 0.3) is 0 Å². The van der Waals surface area contributed by atoms with Crippen LogP contribution in [-0.2, 0) is 30.5 Å². The normalized spacial score (nSPS) is 15.4. The van der Waals surface area contributed by atoms with Gasteiger partial charge >= 0.3 is 0 Å². The van der Waals surface area contributed by atoms with Gasteiger partial charge in [-0.15, -0.1) is 0 Å². The maximum absolute atomic E-state index is 12.8. The number of rotatable bonds is 5. The second kappa shape index (κ2) is 8.62. The molecule has 4 heteroatoms. The Morgan fingerprint density at radius 2 is 1.77 bits per heavy atom. The van der Waals surface area contributed by atoms with Crippen LogP contribution < -0.4 is 5.32 Å². The molecule has 1 N–H and O–H groups in total. The molecule has 1 aromatic heterocycles. The third-order valence-electron chi connectivity index (χ3n) is 6.64. The summed E-state index contributed by atoms with van der Waals surface area (Å²) in [5.74, 6) is 1.28. The van der Waals surface area contributed by atoms with Crippen LogP contribution in [0.3, 0.4) is 0 Å². The molecule has 3 aromatic rings. The summed E-state index contributed by atoms with van der Waals surface area (Å²) in [6.07, 6.45) is 8.15. The molecule has 2 aromatic carbocycles. The number of hydrogen-bond donors (Lipinski definition) is 1. The summed E-state index contributed by atoms with van der Waals surface area (Å²) in [5.41, 5.74) is 7.70. The standard InChI is InChI=1S/C27H29N3O/c1-18-10-12-20(13-11-18)17-25(31)30-27-24(16-19-6-2-3-7-19)28-26-22-9-5-4-8-21(22)14-15-23(26)29-27/h4-5,8-13,19H,2-3,6-7,14-17H2,1H3,(H,29,30,31). The van der Waals surface area contributed by atoms with Crippen molar-refractivity contribution >= 4 is 11.7 Å². The van der Waals surface area contributed by atoms with Crippen molar-refractivity contribution in [2.75, 3.05) is 5.32 Å². The Labute approximate surface area is 184 Å². The average Bonchev–Trinajstić information content (AvgIpc) is 3.29. The molecule has 1 heterocycles. The van der Waals surface area contributed by atoms with Gasteiger partial charge in [0.05, 0.1) is 23.5 Å². The van der Waals surface area contributed by atoms with E-state index in [-0.39, 0.29) is 5.91 Å². The molecule has 0 aliphatic heterocycles. The molecular formula is C27H29N3O. The smallest absolute Gasteiger partial charge is 0.229 e. The Morgan fingerprint density at radius 3 is 2.58 bits per heavy atom. The van der Waals surface area contributed by atoms with E-state index in [9.17, 15) is 4.79 Å². The zero-order chi connectivity index (χ0) is 21.2. The van der Waals surface area contributed by atoms with Gasteiger partial charge in [-0.05, 0) is 43.2 Å². The van der Waals surface area contributed by atoms with Gasteiger partial charge < -0.3 is 5.32 Å². The molecular weight excluding hydrogens is 382 g/mol. The molecule has 0 saturated heterocycles. The van der Waals surface area contributed by atoms with Crippen molar-refractivity contribution in [3.63, 3.8) is 0 Å². The molecule has 0 spiro atoms. The highest BCUT2D eigenvalue weighted by molar-refractivity contribution is 5.92. The summed E-state index contributed by atoms with van der Waals surface area (Å²) in [4.78, 5) is 22.9. The first-order chi connectivity index (χ1) is 15.2. The topological polar surface area (TPSA) is 54.9 Å². The van der Waals surface area contributed by atoms with Crippen molar-refractivity contribution in [2.45, 2.75) is 58.3 Å². The highest BCUT2D eigenvalue weighted by Crippen LogP contribution is 2.35. The van der Waals surface area contributed by atoms with Crippen LogP contribution in [0, 0.1) is 12.8 Å². The molecule has 1 saturated carbocycles. The van der Waals surface area contributed by atoms with Crippen LogP contribution in [-0.4, -0.2) is 15.9 Å². The molecule has 1 amide bonds. The van der Waals surface area contributed by atoms with Crippen molar-refractivity contribution in [2.24, 2.45) is 5.92 Å². The molecule has 4 nitrogen and oxygen atoms in total. The van der Waals surface area contributed by atoms with Crippen molar-refractivity contribution in [3.05, 3.63) is 76.6 Å². The maximum atomic E-state index is 12.8. The van der Waals surface area contributed by atoms with Crippen LogP contribution in [0.5, 0.6) is 0 Å².